The maximum atomic E-state index is 14.5. The minimum Gasteiger partial charge on any atom is -0.454 e. The number of ether oxygens (including phenoxy) is 1. The molecule has 3 N–H and O–H groups in total. The standard InChI is InChI=1S/C28H31F2N5O4S/c1-33-9-11-35(12-10-33)16-20-15-22-23(17-34(2)28(36)27(22)32-20)21-13-18(7-8-31-40(37)38)3-5-25(21)39-26-6-4-19(29)14-24(26)30/h3-6,13-15,17,31-32H,7-12,16H2,1-2H3,(H,37,38). The highest BCUT2D eigenvalue weighted by Gasteiger charge is 2.20. The van der Waals surface area contributed by atoms with Gasteiger partial charge in [0.25, 0.3) is 5.56 Å². The minimum absolute atomic E-state index is 0.140. The fourth-order valence-corrected chi connectivity index (χ4v) is 5.20. The molecular weight excluding hydrogens is 540 g/mol. The van der Waals surface area contributed by atoms with Crippen LogP contribution in [0.15, 0.2) is 53.5 Å². The lowest BCUT2D eigenvalue weighted by Crippen LogP contribution is -2.43. The molecule has 0 radical (unpaired) electrons. The molecule has 2 aromatic carbocycles. The van der Waals surface area contributed by atoms with Gasteiger partial charge in [0.2, 0.25) is 11.3 Å². The average Bonchev–Trinajstić information content (AvgIpc) is 3.34. The largest absolute Gasteiger partial charge is 0.454 e. The lowest BCUT2D eigenvalue weighted by Gasteiger charge is -2.31. The highest BCUT2D eigenvalue weighted by molar-refractivity contribution is 7.77. The van der Waals surface area contributed by atoms with Crippen molar-refractivity contribution in [3.63, 3.8) is 0 Å². The maximum absolute atomic E-state index is 14.5. The van der Waals surface area contributed by atoms with Gasteiger partial charge in [-0.05, 0) is 49.4 Å². The zero-order valence-corrected chi connectivity index (χ0v) is 23.1. The first kappa shape index (κ1) is 28.1. The van der Waals surface area contributed by atoms with E-state index in [4.69, 9.17) is 9.29 Å². The summed E-state index contributed by atoms with van der Waals surface area (Å²) in [6, 6.07) is 10.4. The Hall–Kier alpha value is -3.42. The number of piperazine rings is 1. The summed E-state index contributed by atoms with van der Waals surface area (Å²) in [6.07, 6.45) is 2.15. The van der Waals surface area contributed by atoms with E-state index in [0.717, 1.165) is 49.6 Å². The summed E-state index contributed by atoms with van der Waals surface area (Å²) in [7, 11) is 3.76. The number of hydrogen-bond donors (Lipinski definition) is 3. The fourth-order valence-electron chi connectivity index (χ4n) is 4.93. The van der Waals surface area contributed by atoms with Crippen LogP contribution in [0.3, 0.4) is 0 Å². The number of rotatable bonds is 9. The van der Waals surface area contributed by atoms with Crippen LogP contribution in [-0.4, -0.2) is 67.9 Å². The van der Waals surface area contributed by atoms with Crippen molar-refractivity contribution in [1.29, 1.82) is 0 Å². The van der Waals surface area contributed by atoms with Gasteiger partial charge in [-0.15, -0.1) is 0 Å². The number of pyridine rings is 1. The van der Waals surface area contributed by atoms with Crippen molar-refractivity contribution >= 4 is 22.2 Å². The van der Waals surface area contributed by atoms with E-state index in [1.807, 2.05) is 12.1 Å². The molecule has 0 bridgehead atoms. The smallest absolute Gasteiger partial charge is 0.274 e. The molecule has 4 aromatic rings. The number of halogens is 2. The third kappa shape index (κ3) is 6.31. The van der Waals surface area contributed by atoms with Crippen LogP contribution in [0.2, 0.25) is 0 Å². The number of likely N-dealkylation sites (N-methyl/N-ethyl adjacent to an activating group) is 1. The number of aromatic nitrogens is 2. The quantitative estimate of drug-likeness (QED) is 0.265. The van der Waals surface area contributed by atoms with Crippen LogP contribution in [0.25, 0.3) is 22.0 Å². The third-order valence-corrected chi connectivity index (χ3v) is 7.55. The van der Waals surface area contributed by atoms with Gasteiger partial charge in [0.05, 0.1) is 0 Å². The second-order valence-electron chi connectivity index (χ2n) is 10.0. The predicted octanol–water partition coefficient (Wildman–Crippen LogP) is 3.62. The normalized spacial score (nSPS) is 15.5. The molecule has 1 atom stereocenters. The van der Waals surface area contributed by atoms with Gasteiger partial charge in [-0.3, -0.25) is 14.2 Å². The average molecular weight is 572 g/mol. The van der Waals surface area contributed by atoms with E-state index >= 15 is 0 Å². The summed E-state index contributed by atoms with van der Waals surface area (Å²) in [5.74, 6) is -1.38. The third-order valence-electron chi connectivity index (χ3n) is 7.10. The molecule has 0 amide bonds. The van der Waals surface area contributed by atoms with Crippen molar-refractivity contribution in [3.8, 4) is 22.6 Å². The Morgan fingerprint density at radius 1 is 1.02 bits per heavy atom. The van der Waals surface area contributed by atoms with Crippen LogP contribution in [0.4, 0.5) is 8.78 Å². The number of aromatic amines is 1. The zero-order chi connectivity index (χ0) is 28.4. The molecule has 40 heavy (non-hydrogen) atoms. The van der Waals surface area contributed by atoms with Crippen LogP contribution in [0.1, 0.15) is 11.3 Å². The first-order chi connectivity index (χ1) is 19.2. The van der Waals surface area contributed by atoms with E-state index in [1.165, 1.54) is 10.6 Å². The van der Waals surface area contributed by atoms with E-state index in [9.17, 15) is 17.8 Å². The number of nitrogens with one attached hydrogen (secondary N) is 2. The SMILES string of the molecule is CN1CCN(Cc2cc3c(-c4cc(CCNS(=O)O)ccc4Oc4ccc(F)cc4F)cn(C)c(=O)c3[nH]2)CC1. The Bertz CT molecular complexity index is 1610. The summed E-state index contributed by atoms with van der Waals surface area (Å²) >= 11 is -2.14. The van der Waals surface area contributed by atoms with Crippen molar-refractivity contribution in [3.05, 3.63) is 81.9 Å². The fraction of sp³-hybridized carbons (Fsp3) is 0.321. The Kier molecular flexibility index (Phi) is 8.43. The van der Waals surface area contributed by atoms with Gasteiger partial charge in [-0.2, -0.15) is 0 Å². The summed E-state index contributed by atoms with van der Waals surface area (Å²) < 4.78 is 58.1. The van der Waals surface area contributed by atoms with E-state index in [-0.39, 0.29) is 17.9 Å². The Morgan fingerprint density at radius 3 is 2.50 bits per heavy atom. The molecule has 0 spiro atoms. The molecule has 2 aromatic heterocycles. The second kappa shape index (κ2) is 12.0. The molecule has 0 saturated carbocycles. The number of fused-ring (bicyclic) bond motifs is 1. The van der Waals surface area contributed by atoms with E-state index in [2.05, 4.69) is 26.6 Å². The van der Waals surface area contributed by atoms with Crippen LogP contribution in [0.5, 0.6) is 11.5 Å². The van der Waals surface area contributed by atoms with E-state index in [0.29, 0.717) is 40.7 Å². The Labute approximate surface area is 232 Å². The monoisotopic (exact) mass is 571 g/mol. The summed E-state index contributed by atoms with van der Waals surface area (Å²) in [6.45, 7) is 4.70. The summed E-state index contributed by atoms with van der Waals surface area (Å²) in [5.41, 5.74) is 3.29. The lowest BCUT2D eigenvalue weighted by atomic mass is 9.99. The number of nitrogens with zero attached hydrogens (tertiary/aromatic N) is 3. The van der Waals surface area contributed by atoms with Crippen molar-refractivity contribution in [1.82, 2.24) is 24.1 Å². The van der Waals surface area contributed by atoms with E-state index in [1.54, 1.807) is 25.4 Å². The topological polar surface area (TPSA) is 103 Å². The second-order valence-corrected chi connectivity index (χ2v) is 10.8. The molecule has 3 heterocycles. The van der Waals surface area contributed by atoms with Gasteiger partial charge >= 0.3 is 0 Å². The number of H-pyrrole nitrogens is 1. The van der Waals surface area contributed by atoms with Gasteiger partial charge in [0.1, 0.15) is 17.1 Å². The van der Waals surface area contributed by atoms with Gasteiger partial charge < -0.3 is 19.2 Å². The lowest BCUT2D eigenvalue weighted by molar-refractivity contribution is 0.147. The van der Waals surface area contributed by atoms with Crippen molar-refractivity contribution in [2.24, 2.45) is 7.05 Å². The first-order valence-electron chi connectivity index (χ1n) is 12.9. The number of benzene rings is 2. The van der Waals surface area contributed by atoms with Crippen molar-refractivity contribution < 1.29 is 22.3 Å². The van der Waals surface area contributed by atoms with Crippen LogP contribution >= 0.6 is 0 Å². The van der Waals surface area contributed by atoms with Gasteiger partial charge in [0, 0.05) is 80.8 Å². The molecule has 9 nitrogen and oxygen atoms in total. The van der Waals surface area contributed by atoms with Crippen LogP contribution in [0, 0.1) is 11.6 Å². The molecule has 1 fully saturated rings. The van der Waals surface area contributed by atoms with Crippen LogP contribution < -0.4 is 15.0 Å². The Balaban J connectivity index is 1.58. The van der Waals surface area contributed by atoms with Crippen molar-refractivity contribution in [2.75, 3.05) is 39.8 Å². The number of aryl methyl sites for hydroxylation is 1. The summed E-state index contributed by atoms with van der Waals surface area (Å²) in [5, 5.41) is 0.698. The van der Waals surface area contributed by atoms with Gasteiger partial charge in [-0.25, -0.2) is 17.7 Å². The molecule has 1 aliphatic heterocycles. The van der Waals surface area contributed by atoms with Gasteiger partial charge in [0.15, 0.2) is 11.6 Å². The Morgan fingerprint density at radius 2 is 1.77 bits per heavy atom. The maximum Gasteiger partial charge on any atom is 0.274 e. The zero-order valence-electron chi connectivity index (χ0n) is 22.2. The predicted molar refractivity (Wildman–Crippen MR) is 151 cm³/mol. The number of hydrogen-bond acceptors (Lipinski definition) is 5. The van der Waals surface area contributed by atoms with Crippen LogP contribution in [-0.2, 0) is 31.3 Å². The first-order valence-corrected chi connectivity index (χ1v) is 14.0. The molecule has 212 valence electrons. The highest BCUT2D eigenvalue weighted by Crippen LogP contribution is 2.38. The molecule has 1 saturated heterocycles. The molecule has 12 heteroatoms. The van der Waals surface area contributed by atoms with Crippen molar-refractivity contribution in [2.45, 2.75) is 13.0 Å². The molecule has 5 rings (SSSR count). The highest BCUT2D eigenvalue weighted by atomic mass is 32.2. The molecule has 1 unspecified atom stereocenters. The minimum atomic E-state index is -2.14. The summed E-state index contributed by atoms with van der Waals surface area (Å²) in [4.78, 5) is 21.0. The van der Waals surface area contributed by atoms with Gasteiger partial charge in [-0.1, -0.05) is 6.07 Å². The van der Waals surface area contributed by atoms with E-state index < -0.39 is 22.9 Å². The molecule has 0 aliphatic carbocycles. The molecular formula is C28H31F2N5O4S. The molecule has 1 aliphatic rings.